The average molecular weight is 264 g/mol. The number of primary amides is 1. The number of nitrogens with one attached hydrogen (secondary N) is 1. The van der Waals surface area contributed by atoms with Crippen LogP contribution in [0.1, 0.15) is 39.5 Å². The molecule has 0 saturated carbocycles. The van der Waals surface area contributed by atoms with Crippen molar-refractivity contribution < 1.29 is 9.53 Å². The van der Waals surface area contributed by atoms with Gasteiger partial charge in [-0.15, -0.1) is 0 Å². The van der Waals surface area contributed by atoms with E-state index in [9.17, 15) is 4.79 Å². The first-order valence-corrected chi connectivity index (χ1v) is 6.90. The third-order valence-corrected chi connectivity index (χ3v) is 2.89. The van der Waals surface area contributed by atoms with E-state index >= 15 is 0 Å². The van der Waals surface area contributed by atoms with Crippen LogP contribution in [0.3, 0.4) is 0 Å². The van der Waals surface area contributed by atoms with Crippen LogP contribution >= 0.6 is 0 Å². The van der Waals surface area contributed by atoms with Crippen LogP contribution < -0.4 is 15.8 Å². The van der Waals surface area contributed by atoms with Crippen molar-refractivity contribution in [2.45, 2.75) is 45.6 Å². The molecule has 1 aromatic rings. The first-order chi connectivity index (χ1) is 9.13. The molecule has 1 amide bonds. The highest BCUT2D eigenvalue weighted by Gasteiger charge is 2.07. The number of nitrogens with two attached hydrogens (primary N) is 1. The van der Waals surface area contributed by atoms with Gasteiger partial charge in [-0.1, -0.05) is 31.9 Å². The summed E-state index contributed by atoms with van der Waals surface area (Å²) in [4.78, 5) is 10.7. The van der Waals surface area contributed by atoms with Crippen molar-refractivity contribution in [3.05, 3.63) is 24.3 Å². The van der Waals surface area contributed by atoms with Gasteiger partial charge in [0.15, 0.2) is 0 Å². The summed E-state index contributed by atoms with van der Waals surface area (Å²) in [7, 11) is 0. The number of unbranched alkanes of at least 4 members (excludes halogenated alkanes) is 1. The van der Waals surface area contributed by atoms with Crippen molar-refractivity contribution >= 4 is 11.6 Å². The van der Waals surface area contributed by atoms with Crippen LogP contribution in [0.4, 0.5) is 5.69 Å². The number of hydrogen-bond donors (Lipinski definition) is 2. The SMILES string of the molecule is CCCCC(C)Nc1ccccc1OCCC(N)=O. The van der Waals surface area contributed by atoms with E-state index in [4.69, 9.17) is 10.5 Å². The lowest BCUT2D eigenvalue weighted by atomic mass is 10.1. The molecule has 0 radical (unpaired) electrons. The lowest BCUT2D eigenvalue weighted by molar-refractivity contribution is -0.118. The fourth-order valence-corrected chi connectivity index (χ4v) is 1.82. The molecule has 3 N–H and O–H groups in total. The molecule has 0 aliphatic rings. The van der Waals surface area contributed by atoms with E-state index in [0.717, 1.165) is 17.9 Å². The highest BCUT2D eigenvalue weighted by atomic mass is 16.5. The predicted octanol–water partition coefficient (Wildman–Crippen LogP) is 2.93. The Kier molecular flexibility index (Phi) is 6.79. The van der Waals surface area contributed by atoms with Gasteiger partial charge in [0.25, 0.3) is 0 Å². The van der Waals surface area contributed by atoms with Crippen molar-refractivity contribution in [2.75, 3.05) is 11.9 Å². The largest absolute Gasteiger partial charge is 0.491 e. The average Bonchev–Trinajstić information content (AvgIpc) is 2.38. The second-order valence-electron chi connectivity index (χ2n) is 4.75. The van der Waals surface area contributed by atoms with Crippen molar-refractivity contribution in [3.8, 4) is 5.75 Å². The van der Waals surface area contributed by atoms with Crippen LogP contribution in [0.2, 0.25) is 0 Å². The van der Waals surface area contributed by atoms with E-state index in [1.165, 1.54) is 12.8 Å². The molecule has 0 fully saturated rings. The molecule has 0 aliphatic heterocycles. The highest BCUT2D eigenvalue weighted by molar-refractivity contribution is 5.73. The maximum Gasteiger partial charge on any atom is 0.220 e. The normalized spacial score (nSPS) is 11.9. The Balaban J connectivity index is 2.54. The summed E-state index contributed by atoms with van der Waals surface area (Å²) in [5, 5.41) is 3.44. The predicted molar refractivity (Wildman–Crippen MR) is 78.4 cm³/mol. The second-order valence-corrected chi connectivity index (χ2v) is 4.75. The van der Waals surface area contributed by atoms with Gasteiger partial charge in [0.05, 0.1) is 18.7 Å². The van der Waals surface area contributed by atoms with Gasteiger partial charge in [0.1, 0.15) is 5.75 Å². The number of carbonyl (C=O) groups excluding carboxylic acids is 1. The zero-order valence-electron chi connectivity index (χ0n) is 11.8. The monoisotopic (exact) mass is 264 g/mol. The Hall–Kier alpha value is -1.71. The lowest BCUT2D eigenvalue weighted by Gasteiger charge is -2.18. The van der Waals surface area contributed by atoms with Crippen molar-refractivity contribution in [2.24, 2.45) is 5.73 Å². The Morgan fingerprint density at radius 2 is 2.16 bits per heavy atom. The summed E-state index contributed by atoms with van der Waals surface area (Å²) >= 11 is 0. The van der Waals surface area contributed by atoms with Gasteiger partial charge in [-0.2, -0.15) is 0 Å². The quantitative estimate of drug-likeness (QED) is 0.720. The molecule has 4 heteroatoms. The van der Waals surface area contributed by atoms with E-state index < -0.39 is 0 Å². The number of amides is 1. The van der Waals surface area contributed by atoms with Gasteiger partial charge in [-0.25, -0.2) is 0 Å². The van der Waals surface area contributed by atoms with Crippen LogP contribution in [0.5, 0.6) is 5.75 Å². The zero-order chi connectivity index (χ0) is 14.1. The number of benzene rings is 1. The molecule has 1 unspecified atom stereocenters. The number of carbonyl (C=O) groups is 1. The maximum absolute atomic E-state index is 10.7. The molecule has 1 rings (SSSR count). The third kappa shape index (κ3) is 6.13. The minimum absolute atomic E-state index is 0.236. The number of rotatable bonds is 9. The van der Waals surface area contributed by atoms with Crippen molar-refractivity contribution in [3.63, 3.8) is 0 Å². The Labute approximate surface area is 115 Å². The van der Waals surface area contributed by atoms with E-state index in [0.29, 0.717) is 12.6 Å². The second kappa shape index (κ2) is 8.40. The molecule has 1 atom stereocenters. The molecule has 0 saturated heterocycles. The molecule has 1 aromatic carbocycles. The Morgan fingerprint density at radius 1 is 1.42 bits per heavy atom. The summed E-state index contributed by atoms with van der Waals surface area (Å²) < 4.78 is 5.59. The molecule has 106 valence electrons. The van der Waals surface area contributed by atoms with Gasteiger partial charge < -0.3 is 15.8 Å². The summed E-state index contributed by atoms with van der Waals surface area (Å²) in [6.07, 6.45) is 3.77. The summed E-state index contributed by atoms with van der Waals surface area (Å²) in [5.74, 6) is 0.425. The van der Waals surface area contributed by atoms with Crippen LogP contribution in [-0.2, 0) is 4.79 Å². The topological polar surface area (TPSA) is 64.3 Å². The van der Waals surface area contributed by atoms with Crippen LogP contribution in [0.15, 0.2) is 24.3 Å². The molecule has 19 heavy (non-hydrogen) atoms. The molecule has 0 heterocycles. The van der Waals surface area contributed by atoms with Crippen LogP contribution in [0, 0.1) is 0 Å². The van der Waals surface area contributed by atoms with E-state index in [1.54, 1.807) is 0 Å². The van der Waals surface area contributed by atoms with Crippen LogP contribution in [0.25, 0.3) is 0 Å². The fourth-order valence-electron chi connectivity index (χ4n) is 1.82. The van der Waals surface area contributed by atoms with Gasteiger partial charge in [-0.05, 0) is 25.5 Å². The molecule has 0 aromatic heterocycles. The minimum Gasteiger partial charge on any atom is -0.491 e. The van der Waals surface area contributed by atoms with E-state index in [1.807, 2.05) is 24.3 Å². The molecular weight excluding hydrogens is 240 g/mol. The summed E-state index contributed by atoms with van der Waals surface area (Å²) in [6.45, 7) is 4.67. The zero-order valence-corrected chi connectivity index (χ0v) is 11.8. The Morgan fingerprint density at radius 3 is 2.84 bits per heavy atom. The van der Waals surface area contributed by atoms with Crippen molar-refractivity contribution in [1.82, 2.24) is 0 Å². The summed E-state index contributed by atoms with van der Waals surface area (Å²) in [6, 6.07) is 8.18. The summed E-state index contributed by atoms with van der Waals surface area (Å²) in [5.41, 5.74) is 6.06. The maximum atomic E-state index is 10.7. The first-order valence-electron chi connectivity index (χ1n) is 6.90. The Bertz CT molecular complexity index is 393. The molecule has 0 spiro atoms. The molecule has 0 bridgehead atoms. The highest BCUT2D eigenvalue weighted by Crippen LogP contribution is 2.25. The smallest absolute Gasteiger partial charge is 0.220 e. The fraction of sp³-hybridized carbons (Fsp3) is 0.533. The van der Waals surface area contributed by atoms with E-state index in [2.05, 4.69) is 19.2 Å². The van der Waals surface area contributed by atoms with Gasteiger partial charge >= 0.3 is 0 Å². The van der Waals surface area contributed by atoms with Gasteiger partial charge in [-0.3, -0.25) is 4.79 Å². The number of anilines is 1. The third-order valence-electron chi connectivity index (χ3n) is 2.89. The number of para-hydroxylation sites is 2. The van der Waals surface area contributed by atoms with Gasteiger partial charge in [0, 0.05) is 6.04 Å². The molecule has 4 nitrogen and oxygen atoms in total. The van der Waals surface area contributed by atoms with Crippen molar-refractivity contribution in [1.29, 1.82) is 0 Å². The van der Waals surface area contributed by atoms with E-state index in [-0.39, 0.29) is 12.3 Å². The molecular formula is C15H24N2O2. The van der Waals surface area contributed by atoms with Gasteiger partial charge in [0.2, 0.25) is 5.91 Å². The first kappa shape index (κ1) is 15.3. The molecule has 0 aliphatic carbocycles. The number of ether oxygens (including phenoxy) is 1. The minimum atomic E-state index is -0.346. The standard InChI is InChI=1S/C15H24N2O2/c1-3-4-7-12(2)17-13-8-5-6-9-14(13)19-11-10-15(16)18/h5-6,8-9,12,17H,3-4,7,10-11H2,1-2H3,(H2,16,18). The van der Waals surface area contributed by atoms with Crippen LogP contribution in [-0.4, -0.2) is 18.6 Å². The number of hydrogen-bond acceptors (Lipinski definition) is 3. The lowest BCUT2D eigenvalue weighted by Crippen LogP contribution is -2.17.